The molecule has 3 aromatic rings. The molecule has 1 atom stereocenters. The summed E-state index contributed by atoms with van der Waals surface area (Å²) < 4.78 is 5.33. The monoisotopic (exact) mass is 340 g/mol. The molecule has 4 rings (SSSR count). The maximum absolute atomic E-state index is 5.33. The van der Waals surface area contributed by atoms with E-state index in [4.69, 9.17) is 4.74 Å². The smallest absolute Gasteiger partial charge is 0.218 e. The average molecular weight is 340 g/mol. The van der Waals surface area contributed by atoms with Crippen molar-refractivity contribution in [3.8, 4) is 5.88 Å². The fraction of sp³-hybridized carbons (Fsp3) is 0.389. The third-order valence-corrected chi connectivity index (χ3v) is 5.74. The van der Waals surface area contributed by atoms with Gasteiger partial charge in [-0.15, -0.1) is 11.3 Å². The van der Waals surface area contributed by atoms with Crippen LogP contribution in [-0.4, -0.2) is 22.1 Å². The van der Waals surface area contributed by atoms with E-state index in [0.29, 0.717) is 12.4 Å². The van der Waals surface area contributed by atoms with Gasteiger partial charge in [-0.2, -0.15) is 0 Å². The minimum Gasteiger partial charge on any atom is -0.481 e. The number of fused-ring (bicyclic) bond motifs is 3. The number of hydrogen-bond donors (Lipinski definition) is 1. The number of aromatic nitrogens is 3. The zero-order valence-electron chi connectivity index (χ0n) is 13.9. The van der Waals surface area contributed by atoms with Crippen molar-refractivity contribution in [2.24, 2.45) is 5.92 Å². The van der Waals surface area contributed by atoms with E-state index in [1.807, 2.05) is 23.5 Å². The SMILES string of the molecule is COc1ncccc1CNc1ncnc2sc3c(c12)CCC(C)C3. The van der Waals surface area contributed by atoms with E-state index in [-0.39, 0.29) is 0 Å². The van der Waals surface area contributed by atoms with Gasteiger partial charge in [0.25, 0.3) is 0 Å². The number of methoxy groups -OCH3 is 1. The molecule has 1 aliphatic carbocycles. The predicted octanol–water partition coefficient (Wildman–Crippen LogP) is 3.83. The van der Waals surface area contributed by atoms with E-state index in [1.54, 1.807) is 19.6 Å². The number of thiophene rings is 1. The Morgan fingerprint density at radius 3 is 3.12 bits per heavy atom. The molecule has 0 spiro atoms. The van der Waals surface area contributed by atoms with Gasteiger partial charge in [-0.05, 0) is 36.8 Å². The van der Waals surface area contributed by atoms with Crippen LogP contribution < -0.4 is 10.1 Å². The van der Waals surface area contributed by atoms with Gasteiger partial charge in [-0.3, -0.25) is 0 Å². The zero-order chi connectivity index (χ0) is 16.5. The molecule has 5 nitrogen and oxygen atoms in total. The first-order valence-corrected chi connectivity index (χ1v) is 9.05. The first kappa shape index (κ1) is 15.3. The molecule has 0 bridgehead atoms. The minimum absolute atomic E-state index is 0.629. The van der Waals surface area contributed by atoms with E-state index < -0.39 is 0 Å². The second-order valence-electron chi connectivity index (χ2n) is 6.28. The van der Waals surface area contributed by atoms with Crippen LogP contribution in [0, 0.1) is 5.92 Å². The Morgan fingerprint density at radius 1 is 1.33 bits per heavy atom. The number of anilines is 1. The lowest BCUT2D eigenvalue weighted by atomic mass is 9.89. The summed E-state index contributed by atoms with van der Waals surface area (Å²) in [5, 5.41) is 4.66. The van der Waals surface area contributed by atoms with Gasteiger partial charge in [-0.1, -0.05) is 13.0 Å². The Balaban J connectivity index is 1.67. The van der Waals surface area contributed by atoms with Crippen LogP contribution in [0.3, 0.4) is 0 Å². The highest BCUT2D eigenvalue weighted by Crippen LogP contribution is 2.39. The van der Waals surface area contributed by atoms with Crippen LogP contribution in [-0.2, 0) is 19.4 Å². The molecule has 3 heterocycles. The molecule has 0 radical (unpaired) electrons. The second kappa shape index (κ2) is 6.36. The second-order valence-corrected chi connectivity index (χ2v) is 7.36. The summed E-state index contributed by atoms with van der Waals surface area (Å²) in [7, 11) is 1.64. The number of pyridine rings is 1. The van der Waals surface area contributed by atoms with Crippen molar-refractivity contribution < 1.29 is 4.74 Å². The molecule has 0 amide bonds. The summed E-state index contributed by atoms with van der Waals surface area (Å²) in [5.41, 5.74) is 2.46. The summed E-state index contributed by atoms with van der Waals surface area (Å²) in [5.74, 6) is 2.32. The molecule has 1 unspecified atom stereocenters. The maximum atomic E-state index is 5.33. The Hall–Kier alpha value is -2.21. The Morgan fingerprint density at radius 2 is 2.25 bits per heavy atom. The van der Waals surface area contributed by atoms with Crippen LogP contribution >= 0.6 is 11.3 Å². The molecule has 0 saturated heterocycles. The fourth-order valence-electron chi connectivity index (χ4n) is 3.33. The summed E-state index contributed by atoms with van der Waals surface area (Å²) in [4.78, 5) is 15.8. The van der Waals surface area contributed by atoms with Crippen LogP contribution in [0.4, 0.5) is 5.82 Å². The fourth-order valence-corrected chi connectivity index (χ4v) is 4.68. The summed E-state index contributed by atoms with van der Waals surface area (Å²) in [6, 6.07) is 3.94. The average Bonchev–Trinajstić information content (AvgIpc) is 2.98. The molecule has 1 N–H and O–H groups in total. The molecular formula is C18H20N4OS. The molecular weight excluding hydrogens is 320 g/mol. The van der Waals surface area contributed by atoms with Gasteiger partial charge in [0.2, 0.25) is 5.88 Å². The lowest BCUT2D eigenvalue weighted by Gasteiger charge is -2.18. The third-order valence-electron chi connectivity index (χ3n) is 4.58. The number of nitrogens with one attached hydrogen (secondary N) is 1. The first-order chi connectivity index (χ1) is 11.8. The van der Waals surface area contributed by atoms with Crippen molar-refractivity contribution in [1.82, 2.24) is 15.0 Å². The van der Waals surface area contributed by atoms with E-state index in [2.05, 4.69) is 27.2 Å². The van der Waals surface area contributed by atoms with Crippen molar-refractivity contribution in [3.05, 3.63) is 40.7 Å². The Bertz CT molecular complexity index is 877. The lowest BCUT2D eigenvalue weighted by molar-refractivity contribution is 0.393. The standard InChI is InChI=1S/C18H20N4OS/c1-11-5-6-13-14(8-11)24-18-15(13)16(21-10-22-18)20-9-12-4-3-7-19-17(12)23-2/h3-4,7,10-11H,5-6,8-9H2,1-2H3,(H,20,21,22). The van der Waals surface area contributed by atoms with Gasteiger partial charge in [0.05, 0.1) is 12.5 Å². The molecule has 3 aromatic heterocycles. The highest BCUT2D eigenvalue weighted by atomic mass is 32.1. The quantitative estimate of drug-likeness (QED) is 0.782. The van der Waals surface area contributed by atoms with Crippen LogP contribution in [0.25, 0.3) is 10.2 Å². The first-order valence-electron chi connectivity index (χ1n) is 8.23. The van der Waals surface area contributed by atoms with Crippen molar-refractivity contribution >= 4 is 27.4 Å². The number of rotatable bonds is 4. The van der Waals surface area contributed by atoms with Crippen LogP contribution in [0.5, 0.6) is 5.88 Å². The normalized spacial score (nSPS) is 16.8. The van der Waals surface area contributed by atoms with E-state index >= 15 is 0 Å². The van der Waals surface area contributed by atoms with E-state index in [9.17, 15) is 0 Å². The van der Waals surface area contributed by atoms with E-state index in [1.165, 1.54) is 22.2 Å². The molecule has 6 heteroatoms. The highest BCUT2D eigenvalue weighted by Gasteiger charge is 2.23. The largest absolute Gasteiger partial charge is 0.481 e. The zero-order valence-corrected chi connectivity index (χ0v) is 14.7. The van der Waals surface area contributed by atoms with Crippen molar-refractivity contribution in [2.75, 3.05) is 12.4 Å². The maximum Gasteiger partial charge on any atom is 0.218 e. The van der Waals surface area contributed by atoms with Crippen molar-refractivity contribution in [3.63, 3.8) is 0 Å². The van der Waals surface area contributed by atoms with Gasteiger partial charge >= 0.3 is 0 Å². The van der Waals surface area contributed by atoms with Gasteiger partial charge in [0.15, 0.2) is 0 Å². The number of nitrogens with zero attached hydrogens (tertiary/aromatic N) is 3. The summed E-state index contributed by atoms with van der Waals surface area (Å²) >= 11 is 1.82. The molecule has 0 saturated carbocycles. The topological polar surface area (TPSA) is 59.9 Å². The molecule has 124 valence electrons. The van der Waals surface area contributed by atoms with Gasteiger partial charge in [0, 0.05) is 23.2 Å². The third kappa shape index (κ3) is 2.71. The van der Waals surface area contributed by atoms with Gasteiger partial charge in [-0.25, -0.2) is 15.0 Å². The number of ether oxygens (including phenoxy) is 1. The van der Waals surface area contributed by atoms with Crippen LogP contribution in [0.1, 0.15) is 29.3 Å². The summed E-state index contributed by atoms with van der Waals surface area (Å²) in [6.07, 6.45) is 6.91. The minimum atomic E-state index is 0.629. The molecule has 24 heavy (non-hydrogen) atoms. The lowest BCUT2D eigenvalue weighted by Crippen LogP contribution is -2.09. The Labute approximate surface area is 145 Å². The number of hydrogen-bond acceptors (Lipinski definition) is 6. The van der Waals surface area contributed by atoms with Crippen molar-refractivity contribution in [2.45, 2.75) is 32.7 Å². The van der Waals surface area contributed by atoms with Crippen molar-refractivity contribution in [1.29, 1.82) is 0 Å². The Kier molecular flexibility index (Phi) is 4.06. The van der Waals surface area contributed by atoms with E-state index in [0.717, 1.165) is 35.0 Å². The predicted molar refractivity (Wildman–Crippen MR) is 96.7 cm³/mol. The number of aryl methyl sites for hydroxylation is 1. The molecule has 1 aliphatic rings. The molecule has 0 fully saturated rings. The van der Waals surface area contributed by atoms with Gasteiger partial charge < -0.3 is 10.1 Å². The molecule has 0 aliphatic heterocycles. The highest BCUT2D eigenvalue weighted by molar-refractivity contribution is 7.19. The van der Waals surface area contributed by atoms with Crippen LogP contribution in [0.2, 0.25) is 0 Å². The van der Waals surface area contributed by atoms with Crippen LogP contribution in [0.15, 0.2) is 24.7 Å². The summed E-state index contributed by atoms with van der Waals surface area (Å²) in [6.45, 7) is 2.96. The molecule has 0 aromatic carbocycles. The van der Waals surface area contributed by atoms with Gasteiger partial charge in [0.1, 0.15) is 17.0 Å².